The monoisotopic (exact) mass is 504 g/mol. The van der Waals surface area contributed by atoms with E-state index >= 15 is 0 Å². The number of amides is 1. The van der Waals surface area contributed by atoms with Crippen molar-refractivity contribution in [2.24, 2.45) is 0 Å². The number of morpholine rings is 1. The van der Waals surface area contributed by atoms with Crippen molar-refractivity contribution in [2.75, 3.05) is 39.4 Å². The number of aliphatic hydroxyl groups is 1. The van der Waals surface area contributed by atoms with Gasteiger partial charge < -0.3 is 19.5 Å². The lowest BCUT2D eigenvalue weighted by atomic mass is 10.00. The SMILES string of the molecule is O=C1C(=O)N(CCN2CCOCC2)C(c2cccs2)/C1=C(\O)c1ccc(OCc2ccccc2)cc1. The van der Waals surface area contributed by atoms with Crippen LogP contribution in [-0.4, -0.2) is 66.0 Å². The molecule has 2 aliphatic heterocycles. The minimum absolute atomic E-state index is 0.127. The van der Waals surface area contributed by atoms with Gasteiger partial charge in [0, 0.05) is 36.6 Å². The largest absolute Gasteiger partial charge is 0.507 e. The third-order valence-corrected chi connectivity index (χ3v) is 7.41. The lowest BCUT2D eigenvalue weighted by Gasteiger charge is -2.30. The quantitative estimate of drug-likeness (QED) is 0.283. The fourth-order valence-corrected chi connectivity index (χ4v) is 5.38. The molecule has 5 rings (SSSR count). The molecule has 8 heteroatoms. The number of carbonyl (C=O) groups excluding carboxylic acids is 2. The molecule has 0 saturated carbocycles. The zero-order valence-corrected chi connectivity index (χ0v) is 20.7. The predicted molar refractivity (Wildman–Crippen MR) is 138 cm³/mol. The number of ether oxygens (including phenoxy) is 2. The van der Waals surface area contributed by atoms with Gasteiger partial charge in [0.2, 0.25) is 0 Å². The number of hydrogen-bond donors (Lipinski definition) is 1. The van der Waals surface area contributed by atoms with Gasteiger partial charge in [0.15, 0.2) is 0 Å². The Kier molecular flexibility index (Phi) is 7.46. The smallest absolute Gasteiger partial charge is 0.295 e. The second-order valence-electron chi connectivity index (χ2n) is 8.76. The number of carbonyl (C=O) groups is 2. The highest BCUT2D eigenvalue weighted by atomic mass is 32.1. The summed E-state index contributed by atoms with van der Waals surface area (Å²) in [5.41, 5.74) is 1.65. The third kappa shape index (κ3) is 5.21. The van der Waals surface area contributed by atoms with Crippen LogP contribution in [-0.2, 0) is 20.9 Å². The van der Waals surface area contributed by atoms with E-state index in [1.54, 1.807) is 29.2 Å². The highest BCUT2D eigenvalue weighted by Crippen LogP contribution is 2.41. The number of benzene rings is 2. The fraction of sp³-hybridized carbons (Fsp3) is 0.286. The van der Waals surface area contributed by atoms with Crippen LogP contribution in [0, 0.1) is 0 Å². The average molecular weight is 505 g/mol. The number of Topliss-reactive ketones (excluding diaryl/α,β-unsaturated/α-hetero) is 1. The summed E-state index contributed by atoms with van der Waals surface area (Å²) in [6.45, 7) is 4.40. The van der Waals surface area contributed by atoms with E-state index < -0.39 is 17.7 Å². The van der Waals surface area contributed by atoms with E-state index in [1.165, 1.54) is 11.3 Å². The Morgan fingerprint density at radius 2 is 1.72 bits per heavy atom. The Labute approximate surface area is 214 Å². The first-order chi connectivity index (χ1) is 17.6. The molecule has 3 heterocycles. The molecule has 1 atom stereocenters. The Morgan fingerprint density at radius 3 is 2.42 bits per heavy atom. The highest BCUT2D eigenvalue weighted by molar-refractivity contribution is 7.10. The zero-order valence-electron chi connectivity index (χ0n) is 19.8. The van der Waals surface area contributed by atoms with Gasteiger partial charge in [0.05, 0.1) is 24.8 Å². The Bertz CT molecular complexity index is 1220. The lowest BCUT2D eigenvalue weighted by molar-refractivity contribution is -0.140. The summed E-state index contributed by atoms with van der Waals surface area (Å²) in [5, 5.41) is 13.1. The van der Waals surface area contributed by atoms with Gasteiger partial charge in [-0.05, 0) is 41.3 Å². The van der Waals surface area contributed by atoms with Crippen LogP contribution in [0.3, 0.4) is 0 Å². The van der Waals surface area contributed by atoms with Gasteiger partial charge >= 0.3 is 0 Å². The van der Waals surface area contributed by atoms with Crippen LogP contribution in [0.1, 0.15) is 22.0 Å². The minimum Gasteiger partial charge on any atom is -0.507 e. The number of thiophene rings is 1. The maximum Gasteiger partial charge on any atom is 0.295 e. The standard InChI is InChI=1S/C28H28N2O5S/c31-26(21-8-10-22(11-9-21)35-19-20-5-2-1-3-6-20)24-25(23-7-4-18-36-23)30(28(33)27(24)32)13-12-29-14-16-34-17-15-29/h1-11,18,25,31H,12-17,19H2/b26-24+. The van der Waals surface area contributed by atoms with Crippen LogP contribution in [0.25, 0.3) is 5.76 Å². The molecule has 0 spiro atoms. The second kappa shape index (κ2) is 11.1. The van der Waals surface area contributed by atoms with Gasteiger partial charge in [-0.15, -0.1) is 11.3 Å². The molecule has 2 aliphatic rings. The van der Waals surface area contributed by atoms with Crippen LogP contribution in [0.2, 0.25) is 0 Å². The summed E-state index contributed by atoms with van der Waals surface area (Å²) in [6, 6.07) is 20.0. The molecule has 0 bridgehead atoms. The van der Waals surface area contributed by atoms with E-state index in [0.29, 0.717) is 44.2 Å². The molecule has 186 valence electrons. The van der Waals surface area contributed by atoms with Gasteiger partial charge in [-0.25, -0.2) is 0 Å². The molecule has 2 fully saturated rings. The Balaban J connectivity index is 1.38. The molecule has 0 aliphatic carbocycles. The zero-order chi connectivity index (χ0) is 24.9. The van der Waals surface area contributed by atoms with E-state index in [9.17, 15) is 14.7 Å². The van der Waals surface area contributed by atoms with Crippen molar-refractivity contribution < 1.29 is 24.2 Å². The van der Waals surface area contributed by atoms with E-state index in [-0.39, 0.29) is 11.3 Å². The first kappa shape index (κ1) is 24.2. The molecule has 2 aromatic carbocycles. The van der Waals surface area contributed by atoms with Crippen molar-refractivity contribution in [3.8, 4) is 5.75 Å². The molecule has 1 aromatic heterocycles. The number of rotatable bonds is 8. The molecule has 2 saturated heterocycles. The molecule has 3 aromatic rings. The van der Waals surface area contributed by atoms with Gasteiger partial charge in [0.25, 0.3) is 11.7 Å². The summed E-state index contributed by atoms with van der Waals surface area (Å²) in [7, 11) is 0. The molecule has 7 nitrogen and oxygen atoms in total. The van der Waals surface area contributed by atoms with E-state index in [0.717, 1.165) is 23.5 Å². The molecule has 1 amide bonds. The number of nitrogens with zero attached hydrogens (tertiary/aromatic N) is 2. The molecule has 0 radical (unpaired) electrons. The topological polar surface area (TPSA) is 79.3 Å². The molecule has 1 N–H and O–H groups in total. The maximum atomic E-state index is 13.2. The molecular weight excluding hydrogens is 476 g/mol. The van der Waals surface area contributed by atoms with Crippen molar-refractivity contribution in [3.63, 3.8) is 0 Å². The minimum atomic E-state index is -0.655. The first-order valence-electron chi connectivity index (χ1n) is 12.0. The van der Waals surface area contributed by atoms with Crippen molar-refractivity contribution in [2.45, 2.75) is 12.6 Å². The first-order valence-corrected chi connectivity index (χ1v) is 12.9. The van der Waals surface area contributed by atoms with Crippen LogP contribution in [0.5, 0.6) is 5.75 Å². The van der Waals surface area contributed by atoms with Gasteiger partial charge in [0.1, 0.15) is 18.1 Å². The van der Waals surface area contributed by atoms with Gasteiger partial charge in [-0.2, -0.15) is 0 Å². The average Bonchev–Trinajstić information content (AvgIpc) is 3.54. The van der Waals surface area contributed by atoms with Crippen molar-refractivity contribution in [3.05, 3.63) is 93.7 Å². The van der Waals surface area contributed by atoms with Crippen LogP contribution in [0.4, 0.5) is 0 Å². The fourth-order valence-electron chi connectivity index (χ4n) is 4.53. The molecular formula is C28H28N2O5S. The summed E-state index contributed by atoms with van der Waals surface area (Å²) in [6.07, 6.45) is 0. The number of likely N-dealkylation sites (tertiary alicyclic amines) is 1. The van der Waals surface area contributed by atoms with E-state index in [1.807, 2.05) is 47.8 Å². The van der Waals surface area contributed by atoms with Crippen LogP contribution < -0.4 is 4.74 Å². The van der Waals surface area contributed by atoms with Crippen molar-refractivity contribution >= 4 is 28.8 Å². The Hall–Kier alpha value is -3.46. The maximum absolute atomic E-state index is 13.2. The number of ketones is 1. The van der Waals surface area contributed by atoms with E-state index in [4.69, 9.17) is 9.47 Å². The number of aliphatic hydroxyl groups excluding tert-OH is 1. The summed E-state index contributed by atoms with van der Waals surface area (Å²) >= 11 is 1.47. The Morgan fingerprint density at radius 1 is 0.972 bits per heavy atom. The van der Waals surface area contributed by atoms with Crippen molar-refractivity contribution in [1.29, 1.82) is 0 Å². The van der Waals surface area contributed by atoms with Crippen LogP contribution >= 0.6 is 11.3 Å². The normalized spacial score (nSPS) is 20.1. The molecule has 36 heavy (non-hydrogen) atoms. The lowest BCUT2D eigenvalue weighted by Crippen LogP contribution is -2.42. The van der Waals surface area contributed by atoms with E-state index in [2.05, 4.69) is 4.90 Å². The summed E-state index contributed by atoms with van der Waals surface area (Å²) in [5.74, 6) is -0.755. The molecule has 1 unspecified atom stereocenters. The van der Waals surface area contributed by atoms with Gasteiger partial charge in [-0.3, -0.25) is 14.5 Å². The summed E-state index contributed by atoms with van der Waals surface area (Å²) in [4.78, 5) is 30.9. The number of hydrogen-bond acceptors (Lipinski definition) is 7. The predicted octanol–water partition coefficient (Wildman–Crippen LogP) is 4.08. The van der Waals surface area contributed by atoms with Crippen LogP contribution in [0.15, 0.2) is 77.7 Å². The highest BCUT2D eigenvalue weighted by Gasteiger charge is 2.46. The van der Waals surface area contributed by atoms with Gasteiger partial charge in [-0.1, -0.05) is 36.4 Å². The third-order valence-electron chi connectivity index (χ3n) is 6.49. The second-order valence-corrected chi connectivity index (χ2v) is 9.74. The van der Waals surface area contributed by atoms with Crippen molar-refractivity contribution in [1.82, 2.24) is 9.80 Å². The summed E-state index contributed by atoms with van der Waals surface area (Å²) < 4.78 is 11.2.